The van der Waals surface area contributed by atoms with Gasteiger partial charge in [-0.2, -0.15) is 0 Å². The molecule has 19 heavy (non-hydrogen) atoms. The van der Waals surface area contributed by atoms with Crippen LogP contribution in [0.3, 0.4) is 0 Å². The Bertz CT molecular complexity index is 555. The van der Waals surface area contributed by atoms with E-state index in [-0.39, 0.29) is 0 Å². The number of benzene rings is 2. The SMILES string of the molecule is COc1ccc(CN(C)c2cccc(Cl)c2N)cc1. The Kier molecular flexibility index (Phi) is 4.17. The lowest BCUT2D eigenvalue weighted by Gasteiger charge is -2.21. The number of hydrogen-bond acceptors (Lipinski definition) is 3. The molecular formula is C15H17ClN2O. The van der Waals surface area contributed by atoms with Crippen LogP contribution in [0.15, 0.2) is 42.5 Å². The molecule has 0 bridgehead atoms. The Labute approximate surface area is 118 Å². The van der Waals surface area contributed by atoms with Gasteiger partial charge >= 0.3 is 0 Å². The van der Waals surface area contributed by atoms with Crippen molar-refractivity contribution in [3.63, 3.8) is 0 Å². The summed E-state index contributed by atoms with van der Waals surface area (Å²) < 4.78 is 5.14. The lowest BCUT2D eigenvalue weighted by molar-refractivity contribution is 0.414. The van der Waals surface area contributed by atoms with Gasteiger partial charge in [-0.05, 0) is 29.8 Å². The van der Waals surface area contributed by atoms with Crippen molar-refractivity contribution in [2.24, 2.45) is 0 Å². The Morgan fingerprint density at radius 2 is 1.84 bits per heavy atom. The Morgan fingerprint density at radius 3 is 2.47 bits per heavy atom. The predicted molar refractivity (Wildman–Crippen MR) is 81.0 cm³/mol. The van der Waals surface area contributed by atoms with Crippen LogP contribution in [0.2, 0.25) is 5.02 Å². The van der Waals surface area contributed by atoms with E-state index in [1.165, 1.54) is 5.56 Å². The van der Waals surface area contributed by atoms with Gasteiger partial charge in [-0.3, -0.25) is 0 Å². The van der Waals surface area contributed by atoms with Gasteiger partial charge in [-0.25, -0.2) is 0 Å². The van der Waals surface area contributed by atoms with Crippen molar-refractivity contribution in [2.75, 3.05) is 24.8 Å². The Morgan fingerprint density at radius 1 is 1.16 bits per heavy atom. The number of rotatable bonds is 4. The van der Waals surface area contributed by atoms with Crippen molar-refractivity contribution in [3.05, 3.63) is 53.1 Å². The molecule has 0 amide bonds. The molecule has 4 heteroatoms. The van der Waals surface area contributed by atoms with E-state index in [0.717, 1.165) is 18.0 Å². The first kappa shape index (κ1) is 13.6. The van der Waals surface area contributed by atoms with Crippen LogP contribution < -0.4 is 15.4 Å². The molecule has 0 saturated heterocycles. The summed E-state index contributed by atoms with van der Waals surface area (Å²) in [5.74, 6) is 0.855. The normalized spacial score (nSPS) is 10.3. The lowest BCUT2D eigenvalue weighted by atomic mass is 10.2. The van der Waals surface area contributed by atoms with Gasteiger partial charge < -0.3 is 15.4 Å². The highest BCUT2D eigenvalue weighted by Gasteiger charge is 2.08. The molecule has 0 aromatic heterocycles. The van der Waals surface area contributed by atoms with Gasteiger partial charge in [-0.1, -0.05) is 29.8 Å². The van der Waals surface area contributed by atoms with Crippen LogP contribution in [0.1, 0.15) is 5.56 Å². The van der Waals surface area contributed by atoms with E-state index in [0.29, 0.717) is 10.7 Å². The fourth-order valence-electron chi connectivity index (χ4n) is 1.95. The number of hydrogen-bond donors (Lipinski definition) is 1. The molecule has 2 N–H and O–H groups in total. The smallest absolute Gasteiger partial charge is 0.118 e. The van der Waals surface area contributed by atoms with E-state index < -0.39 is 0 Å². The monoisotopic (exact) mass is 276 g/mol. The molecular weight excluding hydrogens is 260 g/mol. The fourth-order valence-corrected chi connectivity index (χ4v) is 2.12. The minimum Gasteiger partial charge on any atom is -0.497 e. The van der Waals surface area contributed by atoms with Crippen LogP contribution in [0, 0.1) is 0 Å². The summed E-state index contributed by atoms with van der Waals surface area (Å²) in [5, 5.41) is 0.582. The van der Waals surface area contributed by atoms with Crippen LogP contribution >= 0.6 is 11.6 Å². The fraction of sp³-hybridized carbons (Fsp3) is 0.200. The predicted octanol–water partition coefficient (Wildman–Crippen LogP) is 3.57. The maximum Gasteiger partial charge on any atom is 0.118 e. The third-order valence-electron chi connectivity index (χ3n) is 3.02. The number of nitrogen functional groups attached to an aromatic ring is 1. The topological polar surface area (TPSA) is 38.5 Å². The molecule has 3 nitrogen and oxygen atoms in total. The summed E-state index contributed by atoms with van der Waals surface area (Å²) in [6.45, 7) is 0.758. The maximum atomic E-state index is 6.03. The molecule has 0 aliphatic heterocycles. The molecule has 2 aromatic carbocycles. The highest BCUT2D eigenvalue weighted by atomic mass is 35.5. The van der Waals surface area contributed by atoms with Gasteiger partial charge in [0.25, 0.3) is 0 Å². The number of methoxy groups -OCH3 is 1. The first-order valence-electron chi connectivity index (χ1n) is 6.00. The zero-order valence-corrected chi connectivity index (χ0v) is 11.8. The zero-order valence-electron chi connectivity index (χ0n) is 11.1. The highest BCUT2D eigenvalue weighted by Crippen LogP contribution is 2.30. The van der Waals surface area contributed by atoms with E-state index in [9.17, 15) is 0 Å². The molecule has 0 spiro atoms. The van der Waals surface area contributed by atoms with Gasteiger partial charge in [0.15, 0.2) is 0 Å². The molecule has 0 aliphatic rings. The van der Waals surface area contributed by atoms with Crippen LogP contribution in [0.4, 0.5) is 11.4 Å². The van der Waals surface area contributed by atoms with Crippen molar-refractivity contribution in [1.29, 1.82) is 0 Å². The van der Waals surface area contributed by atoms with Crippen LogP contribution in [0.25, 0.3) is 0 Å². The standard InChI is InChI=1S/C15H17ClN2O/c1-18(14-5-3-4-13(16)15(14)17)10-11-6-8-12(19-2)9-7-11/h3-9H,10,17H2,1-2H3. The highest BCUT2D eigenvalue weighted by molar-refractivity contribution is 6.33. The molecule has 0 heterocycles. The van der Waals surface area contributed by atoms with E-state index in [2.05, 4.69) is 4.90 Å². The molecule has 0 saturated carbocycles. The van der Waals surface area contributed by atoms with Gasteiger partial charge in [-0.15, -0.1) is 0 Å². The van der Waals surface area contributed by atoms with E-state index in [4.69, 9.17) is 22.1 Å². The van der Waals surface area contributed by atoms with Gasteiger partial charge in [0.1, 0.15) is 5.75 Å². The van der Waals surface area contributed by atoms with Crippen molar-refractivity contribution in [2.45, 2.75) is 6.54 Å². The largest absolute Gasteiger partial charge is 0.497 e. The number of para-hydroxylation sites is 1. The van der Waals surface area contributed by atoms with Crippen LogP contribution in [-0.4, -0.2) is 14.2 Å². The number of ether oxygens (including phenoxy) is 1. The number of nitrogens with two attached hydrogens (primary N) is 1. The number of halogens is 1. The van der Waals surface area contributed by atoms with E-state index in [1.54, 1.807) is 13.2 Å². The minimum absolute atomic E-state index is 0.582. The number of nitrogens with zero attached hydrogens (tertiary/aromatic N) is 1. The molecule has 2 rings (SSSR count). The average molecular weight is 277 g/mol. The first-order valence-corrected chi connectivity index (χ1v) is 6.37. The van der Waals surface area contributed by atoms with Crippen molar-refractivity contribution in [3.8, 4) is 5.75 Å². The molecule has 0 fully saturated rings. The maximum absolute atomic E-state index is 6.03. The van der Waals surface area contributed by atoms with Crippen molar-refractivity contribution >= 4 is 23.0 Å². The molecule has 100 valence electrons. The second-order valence-corrected chi connectivity index (χ2v) is 4.78. The van der Waals surface area contributed by atoms with Crippen LogP contribution in [-0.2, 0) is 6.54 Å². The van der Waals surface area contributed by atoms with Crippen LogP contribution in [0.5, 0.6) is 5.75 Å². The Balaban J connectivity index is 2.15. The second-order valence-electron chi connectivity index (χ2n) is 4.38. The molecule has 0 radical (unpaired) electrons. The third kappa shape index (κ3) is 3.12. The second kappa shape index (κ2) is 5.85. The minimum atomic E-state index is 0.582. The van der Waals surface area contributed by atoms with Crippen molar-refractivity contribution < 1.29 is 4.74 Å². The quantitative estimate of drug-likeness (QED) is 0.868. The summed E-state index contributed by atoms with van der Waals surface area (Å²) in [5.41, 5.74) is 8.72. The third-order valence-corrected chi connectivity index (χ3v) is 3.35. The zero-order chi connectivity index (χ0) is 13.8. The summed E-state index contributed by atoms with van der Waals surface area (Å²) in [4.78, 5) is 2.07. The molecule has 0 aliphatic carbocycles. The van der Waals surface area contributed by atoms with Gasteiger partial charge in [0, 0.05) is 13.6 Å². The average Bonchev–Trinajstić information content (AvgIpc) is 2.42. The lowest BCUT2D eigenvalue weighted by Crippen LogP contribution is -2.17. The summed E-state index contributed by atoms with van der Waals surface area (Å²) >= 11 is 6.03. The molecule has 2 aromatic rings. The van der Waals surface area contributed by atoms with Gasteiger partial charge in [0.2, 0.25) is 0 Å². The summed E-state index contributed by atoms with van der Waals surface area (Å²) in [6, 6.07) is 13.6. The van der Waals surface area contributed by atoms with E-state index >= 15 is 0 Å². The molecule has 0 atom stereocenters. The summed E-state index contributed by atoms with van der Waals surface area (Å²) in [7, 11) is 3.65. The summed E-state index contributed by atoms with van der Waals surface area (Å²) in [6.07, 6.45) is 0. The number of anilines is 2. The molecule has 0 unspecified atom stereocenters. The van der Waals surface area contributed by atoms with E-state index in [1.807, 2.05) is 43.4 Å². The van der Waals surface area contributed by atoms with Gasteiger partial charge in [0.05, 0.1) is 23.5 Å². The Hall–Kier alpha value is -1.87. The van der Waals surface area contributed by atoms with Crippen molar-refractivity contribution in [1.82, 2.24) is 0 Å². The first-order chi connectivity index (χ1) is 9.11.